The summed E-state index contributed by atoms with van der Waals surface area (Å²) >= 11 is 0. The lowest BCUT2D eigenvalue weighted by atomic mass is 10.1. The molecular formula is C12H15N5. The number of tetrazole rings is 1. The van der Waals surface area contributed by atoms with E-state index in [2.05, 4.69) is 22.4 Å². The fourth-order valence-corrected chi connectivity index (χ4v) is 2.13. The molecule has 0 bridgehead atoms. The third-order valence-corrected chi connectivity index (χ3v) is 3.49. The highest BCUT2D eigenvalue weighted by Gasteiger charge is 2.37. The molecule has 3 rings (SSSR count). The lowest BCUT2D eigenvalue weighted by Crippen LogP contribution is -2.03. The molecule has 5 heteroatoms. The molecule has 1 fully saturated rings. The second-order valence-electron chi connectivity index (χ2n) is 4.75. The molecule has 1 saturated carbocycles. The van der Waals surface area contributed by atoms with Crippen LogP contribution in [0.25, 0.3) is 11.4 Å². The molecule has 2 N–H and O–H groups in total. The third kappa shape index (κ3) is 1.58. The molecule has 2 aromatic rings. The Morgan fingerprint density at radius 2 is 2.18 bits per heavy atom. The van der Waals surface area contributed by atoms with Crippen LogP contribution in [-0.2, 0) is 0 Å². The Kier molecular flexibility index (Phi) is 2.14. The van der Waals surface area contributed by atoms with Crippen molar-refractivity contribution in [2.24, 2.45) is 5.92 Å². The van der Waals surface area contributed by atoms with Crippen LogP contribution >= 0.6 is 0 Å². The molecule has 1 aromatic carbocycles. The van der Waals surface area contributed by atoms with E-state index in [9.17, 15) is 0 Å². The average Bonchev–Trinajstić information content (AvgIpc) is 2.86. The van der Waals surface area contributed by atoms with E-state index in [0.29, 0.717) is 12.0 Å². The number of anilines is 1. The van der Waals surface area contributed by atoms with Crippen LogP contribution in [0.1, 0.15) is 24.9 Å². The van der Waals surface area contributed by atoms with Crippen LogP contribution in [-0.4, -0.2) is 20.2 Å². The summed E-state index contributed by atoms with van der Waals surface area (Å²) in [6.07, 6.45) is 1.15. The zero-order chi connectivity index (χ0) is 12.0. The second kappa shape index (κ2) is 3.55. The molecule has 1 aromatic heterocycles. The largest absolute Gasteiger partial charge is 0.398 e. The summed E-state index contributed by atoms with van der Waals surface area (Å²) in [5.74, 6) is 1.49. The molecule has 0 amide bonds. The molecule has 1 aliphatic rings. The van der Waals surface area contributed by atoms with Gasteiger partial charge in [-0.25, -0.2) is 4.68 Å². The van der Waals surface area contributed by atoms with Crippen LogP contribution < -0.4 is 5.73 Å². The summed E-state index contributed by atoms with van der Waals surface area (Å²) < 4.78 is 1.92. The molecule has 0 aliphatic heterocycles. The SMILES string of the molecule is Cc1c(N)cccc1-c1nnnn1C1CC1C. The number of hydrogen-bond donors (Lipinski definition) is 1. The Labute approximate surface area is 99.6 Å². The van der Waals surface area contributed by atoms with Crippen molar-refractivity contribution in [3.63, 3.8) is 0 Å². The van der Waals surface area contributed by atoms with E-state index < -0.39 is 0 Å². The van der Waals surface area contributed by atoms with Crippen LogP contribution in [0, 0.1) is 12.8 Å². The highest BCUT2D eigenvalue weighted by molar-refractivity contribution is 5.67. The topological polar surface area (TPSA) is 69.6 Å². The maximum absolute atomic E-state index is 5.92. The smallest absolute Gasteiger partial charge is 0.182 e. The van der Waals surface area contributed by atoms with Crippen LogP contribution in [0.2, 0.25) is 0 Å². The Bertz CT molecular complexity index is 560. The number of hydrogen-bond acceptors (Lipinski definition) is 4. The molecule has 88 valence electrons. The van der Waals surface area contributed by atoms with Crippen molar-refractivity contribution in [1.82, 2.24) is 20.2 Å². The molecule has 1 aliphatic carbocycles. The zero-order valence-corrected chi connectivity index (χ0v) is 9.96. The van der Waals surface area contributed by atoms with Gasteiger partial charge in [-0.2, -0.15) is 0 Å². The van der Waals surface area contributed by atoms with E-state index in [1.807, 2.05) is 29.8 Å². The minimum atomic E-state index is 0.445. The Balaban J connectivity index is 2.10. The van der Waals surface area contributed by atoms with Gasteiger partial charge in [-0.3, -0.25) is 0 Å². The van der Waals surface area contributed by atoms with Crippen molar-refractivity contribution in [2.75, 3.05) is 5.73 Å². The van der Waals surface area contributed by atoms with Crippen molar-refractivity contribution < 1.29 is 0 Å². The fourth-order valence-electron chi connectivity index (χ4n) is 2.13. The molecule has 17 heavy (non-hydrogen) atoms. The van der Waals surface area contributed by atoms with Crippen LogP contribution in [0.5, 0.6) is 0 Å². The first-order valence-electron chi connectivity index (χ1n) is 5.82. The quantitative estimate of drug-likeness (QED) is 0.797. The lowest BCUT2D eigenvalue weighted by molar-refractivity contribution is 0.584. The van der Waals surface area contributed by atoms with Gasteiger partial charge >= 0.3 is 0 Å². The first kappa shape index (κ1) is 10.3. The first-order chi connectivity index (χ1) is 8.18. The number of rotatable bonds is 2. The summed E-state index contributed by atoms with van der Waals surface area (Å²) in [7, 11) is 0. The fraction of sp³-hybridized carbons (Fsp3) is 0.417. The number of nitrogen functional groups attached to an aromatic ring is 1. The van der Waals surface area contributed by atoms with Crippen molar-refractivity contribution in [3.05, 3.63) is 23.8 Å². The number of nitrogens with zero attached hydrogens (tertiary/aromatic N) is 4. The molecule has 1 heterocycles. The predicted molar refractivity (Wildman–Crippen MR) is 65.2 cm³/mol. The van der Waals surface area contributed by atoms with Gasteiger partial charge in [-0.15, -0.1) is 5.10 Å². The number of nitrogens with two attached hydrogens (primary N) is 1. The van der Waals surface area contributed by atoms with E-state index in [-0.39, 0.29) is 0 Å². The Hall–Kier alpha value is -1.91. The molecule has 0 spiro atoms. The summed E-state index contributed by atoms with van der Waals surface area (Å²) in [6.45, 7) is 4.21. The normalized spacial score (nSPS) is 22.7. The van der Waals surface area contributed by atoms with Crippen LogP contribution in [0.15, 0.2) is 18.2 Å². The van der Waals surface area contributed by atoms with Gasteiger partial charge in [0.2, 0.25) is 0 Å². The van der Waals surface area contributed by atoms with Gasteiger partial charge in [0.15, 0.2) is 5.82 Å². The van der Waals surface area contributed by atoms with Crippen molar-refractivity contribution >= 4 is 5.69 Å². The van der Waals surface area contributed by atoms with E-state index in [1.165, 1.54) is 0 Å². The monoisotopic (exact) mass is 229 g/mol. The minimum Gasteiger partial charge on any atom is -0.398 e. The highest BCUT2D eigenvalue weighted by atomic mass is 15.6. The average molecular weight is 229 g/mol. The van der Waals surface area contributed by atoms with Gasteiger partial charge in [0, 0.05) is 11.3 Å². The molecular weight excluding hydrogens is 214 g/mol. The summed E-state index contributed by atoms with van der Waals surface area (Å²) in [5, 5.41) is 12.0. The van der Waals surface area contributed by atoms with Gasteiger partial charge in [-0.05, 0) is 41.3 Å². The highest BCUT2D eigenvalue weighted by Crippen LogP contribution is 2.43. The second-order valence-corrected chi connectivity index (χ2v) is 4.75. The lowest BCUT2D eigenvalue weighted by Gasteiger charge is -2.08. The molecule has 2 atom stereocenters. The molecule has 0 saturated heterocycles. The van der Waals surface area contributed by atoms with Crippen molar-refractivity contribution in [1.29, 1.82) is 0 Å². The standard InChI is InChI=1S/C12H15N5/c1-7-6-11(7)17-12(14-15-16-17)9-4-3-5-10(13)8(9)2/h3-5,7,11H,6,13H2,1-2H3. The van der Waals surface area contributed by atoms with E-state index in [1.54, 1.807) is 0 Å². The molecule has 0 radical (unpaired) electrons. The molecule has 5 nitrogen and oxygen atoms in total. The number of aromatic nitrogens is 4. The summed E-state index contributed by atoms with van der Waals surface area (Å²) in [5.41, 5.74) is 8.76. The predicted octanol–water partition coefficient (Wildman–Crippen LogP) is 1.81. The van der Waals surface area contributed by atoms with Crippen LogP contribution in [0.3, 0.4) is 0 Å². The summed E-state index contributed by atoms with van der Waals surface area (Å²) in [4.78, 5) is 0. The van der Waals surface area contributed by atoms with E-state index in [4.69, 9.17) is 5.73 Å². The van der Waals surface area contributed by atoms with Gasteiger partial charge in [0.05, 0.1) is 6.04 Å². The van der Waals surface area contributed by atoms with Gasteiger partial charge in [0.25, 0.3) is 0 Å². The van der Waals surface area contributed by atoms with E-state index >= 15 is 0 Å². The van der Waals surface area contributed by atoms with Gasteiger partial charge in [0.1, 0.15) is 0 Å². The molecule has 2 unspecified atom stereocenters. The maximum Gasteiger partial charge on any atom is 0.182 e. The number of benzene rings is 1. The Morgan fingerprint density at radius 3 is 2.88 bits per heavy atom. The summed E-state index contributed by atoms with van der Waals surface area (Å²) in [6, 6.07) is 6.29. The minimum absolute atomic E-state index is 0.445. The van der Waals surface area contributed by atoms with Crippen LogP contribution in [0.4, 0.5) is 5.69 Å². The van der Waals surface area contributed by atoms with Crippen molar-refractivity contribution in [2.45, 2.75) is 26.3 Å². The van der Waals surface area contributed by atoms with Gasteiger partial charge < -0.3 is 5.73 Å². The maximum atomic E-state index is 5.92. The third-order valence-electron chi connectivity index (χ3n) is 3.49. The zero-order valence-electron chi connectivity index (χ0n) is 9.96. The first-order valence-corrected chi connectivity index (χ1v) is 5.82. The Morgan fingerprint density at radius 1 is 1.41 bits per heavy atom. The van der Waals surface area contributed by atoms with Gasteiger partial charge in [-0.1, -0.05) is 19.1 Å². The van der Waals surface area contributed by atoms with Crippen molar-refractivity contribution in [3.8, 4) is 11.4 Å². The van der Waals surface area contributed by atoms with E-state index in [0.717, 1.165) is 29.1 Å².